The standard InChI is InChI=1S/C12H29PS3/c1-4-7-10-16(13(14)15,11-8-5-2)12-9-6-3/h14-15H,4-12H2,1-3H3. The Morgan fingerprint density at radius 2 is 1.06 bits per heavy atom. The van der Waals surface area contributed by atoms with Gasteiger partial charge in [-0.3, -0.25) is 0 Å². The zero-order chi connectivity index (χ0) is 12.4. The van der Waals surface area contributed by atoms with Crippen molar-refractivity contribution in [2.45, 2.75) is 59.3 Å². The van der Waals surface area contributed by atoms with Crippen molar-refractivity contribution >= 4 is 39.7 Å². The minimum absolute atomic E-state index is 0.311. The van der Waals surface area contributed by atoms with Crippen LogP contribution in [0.1, 0.15) is 59.3 Å². The van der Waals surface area contributed by atoms with E-state index >= 15 is 0 Å². The predicted octanol–water partition coefficient (Wildman–Crippen LogP) is 6.28. The number of unbranched alkanes of at least 4 members (excludes halogenated alkanes) is 3. The Bertz CT molecular complexity index is 141. The molecule has 0 atom stereocenters. The van der Waals surface area contributed by atoms with Crippen LogP contribution >= 0.6 is 39.7 Å². The summed E-state index contributed by atoms with van der Waals surface area (Å²) in [5.74, 6) is 4.26. The summed E-state index contributed by atoms with van der Waals surface area (Å²) < 4.78 is 0. The Morgan fingerprint density at radius 3 is 1.25 bits per heavy atom. The van der Waals surface area contributed by atoms with Crippen molar-refractivity contribution in [2.24, 2.45) is 0 Å². The second-order valence-electron chi connectivity index (χ2n) is 4.43. The number of rotatable bonds is 10. The van der Waals surface area contributed by atoms with Crippen molar-refractivity contribution in [2.75, 3.05) is 17.3 Å². The van der Waals surface area contributed by atoms with Gasteiger partial charge in [0.2, 0.25) is 0 Å². The van der Waals surface area contributed by atoms with Crippen LogP contribution in [0.3, 0.4) is 0 Å². The van der Waals surface area contributed by atoms with Gasteiger partial charge >= 0.3 is 0 Å². The van der Waals surface area contributed by atoms with Gasteiger partial charge in [0, 0.05) is 5.53 Å². The lowest BCUT2D eigenvalue weighted by molar-refractivity contribution is 0.853. The van der Waals surface area contributed by atoms with Gasteiger partial charge in [-0.1, -0.05) is 40.0 Å². The zero-order valence-corrected chi connectivity index (χ0v) is 14.6. The Hall–Kier alpha value is 1.48. The smallest absolute Gasteiger partial charge is 0.0490 e. The molecule has 0 aromatic carbocycles. The molecule has 0 saturated heterocycles. The van der Waals surface area contributed by atoms with E-state index in [1.807, 2.05) is 0 Å². The summed E-state index contributed by atoms with van der Waals surface area (Å²) in [5, 5.41) is 0. The van der Waals surface area contributed by atoms with Crippen LogP contribution in [0.2, 0.25) is 0 Å². The molecule has 0 aromatic heterocycles. The molecule has 0 aliphatic heterocycles. The summed E-state index contributed by atoms with van der Waals surface area (Å²) in [7, 11) is -0.506. The van der Waals surface area contributed by atoms with Crippen LogP contribution in [0, 0.1) is 0 Å². The summed E-state index contributed by atoms with van der Waals surface area (Å²) in [6, 6.07) is 0. The molecular formula is C12H29PS3. The molecule has 4 heteroatoms. The maximum atomic E-state index is 4.76. The van der Waals surface area contributed by atoms with Gasteiger partial charge in [0.05, 0.1) is 0 Å². The van der Waals surface area contributed by atoms with Gasteiger partial charge in [0.25, 0.3) is 0 Å². The highest BCUT2D eigenvalue weighted by atomic mass is 33.4. The summed E-state index contributed by atoms with van der Waals surface area (Å²) in [6.07, 6.45) is 8.08. The normalized spacial score (nSPS) is 13.4. The van der Waals surface area contributed by atoms with Crippen molar-refractivity contribution in [3.05, 3.63) is 0 Å². The summed E-state index contributed by atoms with van der Waals surface area (Å²) in [4.78, 5) is 0. The molecule has 0 radical (unpaired) electrons. The van der Waals surface area contributed by atoms with Crippen molar-refractivity contribution < 1.29 is 0 Å². The van der Waals surface area contributed by atoms with Crippen LogP contribution in [-0.4, -0.2) is 17.3 Å². The maximum Gasteiger partial charge on any atom is 0.0490 e. The monoisotopic (exact) mass is 300 g/mol. The topological polar surface area (TPSA) is 0 Å². The molecule has 0 nitrogen and oxygen atoms in total. The van der Waals surface area contributed by atoms with Crippen LogP contribution in [-0.2, 0) is 0 Å². The van der Waals surface area contributed by atoms with Gasteiger partial charge in [-0.25, -0.2) is 9.65 Å². The van der Waals surface area contributed by atoms with Gasteiger partial charge in [0.15, 0.2) is 0 Å². The molecule has 0 aliphatic rings. The molecule has 0 spiro atoms. The van der Waals surface area contributed by atoms with E-state index in [0.29, 0.717) is 0 Å². The van der Waals surface area contributed by atoms with E-state index < -0.39 is 9.65 Å². The highest BCUT2D eigenvalue weighted by Gasteiger charge is 2.27. The van der Waals surface area contributed by atoms with Gasteiger partial charge in [-0.15, -0.1) is 24.5 Å². The number of thiol groups is 2. The van der Waals surface area contributed by atoms with E-state index in [9.17, 15) is 0 Å². The lowest BCUT2D eigenvalue weighted by Crippen LogP contribution is -2.10. The van der Waals surface area contributed by atoms with Crippen LogP contribution in [0.5, 0.6) is 0 Å². The Morgan fingerprint density at radius 1 is 0.750 bits per heavy atom. The van der Waals surface area contributed by atoms with Crippen LogP contribution in [0.25, 0.3) is 0 Å². The lowest BCUT2D eigenvalue weighted by Gasteiger charge is -2.43. The molecule has 0 aromatic rings. The second-order valence-corrected chi connectivity index (χ2v) is 16.5. The van der Waals surface area contributed by atoms with E-state index in [0.717, 1.165) is 0 Å². The molecule has 0 fully saturated rings. The summed E-state index contributed by atoms with van der Waals surface area (Å²) in [5.41, 5.74) is -0.311. The predicted molar refractivity (Wildman–Crippen MR) is 91.8 cm³/mol. The minimum atomic E-state index is -0.506. The van der Waals surface area contributed by atoms with Gasteiger partial charge in [-0.05, 0) is 36.5 Å². The molecule has 100 valence electrons. The minimum Gasteiger partial charge on any atom is -0.203 e. The summed E-state index contributed by atoms with van der Waals surface area (Å²) in [6.45, 7) is 6.88. The first-order valence-corrected chi connectivity index (χ1v) is 13.0. The zero-order valence-electron chi connectivity index (χ0n) is 11.1. The van der Waals surface area contributed by atoms with Crippen LogP contribution in [0.4, 0.5) is 0 Å². The number of hydrogen-bond donors (Lipinski definition) is 2. The maximum absolute atomic E-state index is 4.76. The first kappa shape index (κ1) is 17.5. The van der Waals surface area contributed by atoms with Crippen LogP contribution in [0.15, 0.2) is 0 Å². The van der Waals surface area contributed by atoms with E-state index in [1.165, 1.54) is 55.8 Å². The average molecular weight is 301 g/mol. The quantitative estimate of drug-likeness (QED) is 0.344. The molecular weight excluding hydrogens is 271 g/mol. The Labute approximate surface area is 116 Å². The third-order valence-electron chi connectivity index (χ3n) is 2.98. The Kier molecular flexibility index (Phi) is 11.4. The Balaban J connectivity index is 4.46. The third-order valence-corrected chi connectivity index (χ3v) is 16.8. The highest BCUT2D eigenvalue weighted by Crippen LogP contribution is 2.81. The third kappa shape index (κ3) is 6.42. The fourth-order valence-corrected chi connectivity index (χ4v) is 12.4. The van der Waals surface area contributed by atoms with E-state index in [1.54, 1.807) is 0 Å². The molecule has 16 heavy (non-hydrogen) atoms. The first-order valence-electron chi connectivity index (χ1n) is 6.57. The van der Waals surface area contributed by atoms with Crippen molar-refractivity contribution in [1.29, 1.82) is 0 Å². The lowest BCUT2D eigenvalue weighted by atomic mass is 10.4. The fourth-order valence-electron chi connectivity index (χ4n) is 1.79. The molecule has 0 saturated carbocycles. The molecule has 0 rings (SSSR count). The van der Waals surface area contributed by atoms with Crippen LogP contribution < -0.4 is 0 Å². The van der Waals surface area contributed by atoms with Gasteiger partial charge < -0.3 is 0 Å². The second kappa shape index (κ2) is 10.4. The largest absolute Gasteiger partial charge is 0.203 e. The molecule has 0 heterocycles. The summed E-state index contributed by atoms with van der Waals surface area (Å²) >= 11 is 9.53. The molecule has 0 N–H and O–H groups in total. The first-order chi connectivity index (χ1) is 7.63. The van der Waals surface area contributed by atoms with E-state index in [4.69, 9.17) is 24.5 Å². The molecule has 0 amide bonds. The molecule has 0 aliphatic carbocycles. The highest BCUT2D eigenvalue weighted by molar-refractivity contribution is 9.14. The average Bonchev–Trinajstić information content (AvgIpc) is 2.28. The van der Waals surface area contributed by atoms with Gasteiger partial charge in [-0.2, -0.15) is 0 Å². The molecule has 0 unspecified atom stereocenters. The van der Waals surface area contributed by atoms with Crippen molar-refractivity contribution in [1.82, 2.24) is 0 Å². The van der Waals surface area contributed by atoms with Gasteiger partial charge in [0.1, 0.15) is 0 Å². The van der Waals surface area contributed by atoms with E-state index in [-0.39, 0.29) is 5.53 Å². The SMILES string of the molecule is CCCCS(CCCC)(CCCC)P(S)S. The van der Waals surface area contributed by atoms with Crippen molar-refractivity contribution in [3.63, 3.8) is 0 Å². The molecule has 0 bridgehead atoms. The van der Waals surface area contributed by atoms with Crippen molar-refractivity contribution in [3.8, 4) is 0 Å². The number of hydrogen-bond acceptors (Lipinski definition) is 2. The van der Waals surface area contributed by atoms with E-state index in [2.05, 4.69) is 20.8 Å². The fraction of sp³-hybridized carbons (Fsp3) is 1.00.